The van der Waals surface area contributed by atoms with Gasteiger partial charge in [-0.1, -0.05) is 24.3 Å². The minimum atomic E-state index is -1.11. The summed E-state index contributed by atoms with van der Waals surface area (Å²) in [5, 5.41) is 0. The number of rotatable bonds is 4. The third-order valence-electron chi connectivity index (χ3n) is 3.36. The molecule has 3 rings (SSSR count). The zero-order chi connectivity index (χ0) is 13.9. The fraction of sp³-hybridized carbons (Fsp3) is 0.250. The van der Waals surface area contributed by atoms with Crippen LogP contribution in [0.25, 0.3) is 0 Å². The minimum absolute atomic E-state index is 0.587. The SMILES string of the molecule is O=S1c2ccccc2Cc2c(OCCCCl)cccc21. The van der Waals surface area contributed by atoms with Gasteiger partial charge in [-0.05, 0) is 30.2 Å². The van der Waals surface area contributed by atoms with E-state index in [1.165, 1.54) is 0 Å². The molecule has 0 aromatic heterocycles. The first kappa shape index (κ1) is 13.7. The fourth-order valence-electron chi connectivity index (χ4n) is 2.40. The number of alkyl halides is 1. The highest BCUT2D eigenvalue weighted by Gasteiger charge is 2.24. The molecule has 0 N–H and O–H groups in total. The van der Waals surface area contributed by atoms with Crippen molar-refractivity contribution in [2.45, 2.75) is 22.6 Å². The highest BCUT2D eigenvalue weighted by molar-refractivity contribution is 7.85. The Morgan fingerprint density at radius 3 is 2.75 bits per heavy atom. The molecule has 0 aliphatic carbocycles. The van der Waals surface area contributed by atoms with E-state index in [1.807, 2.05) is 42.5 Å². The van der Waals surface area contributed by atoms with E-state index in [1.54, 1.807) is 0 Å². The van der Waals surface area contributed by atoms with Gasteiger partial charge in [-0.2, -0.15) is 0 Å². The second kappa shape index (κ2) is 5.98. The highest BCUT2D eigenvalue weighted by atomic mass is 35.5. The van der Waals surface area contributed by atoms with E-state index < -0.39 is 10.8 Å². The van der Waals surface area contributed by atoms with Crippen LogP contribution in [0.15, 0.2) is 52.3 Å². The van der Waals surface area contributed by atoms with Crippen molar-refractivity contribution < 1.29 is 8.95 Å². The van der Waals surface area contributed by atoms with Crippen molar-refractivity contribution >= 4 is 22.4 Å². The Labute approximate surface area is 126 Å². The summed E-state index contributed by atoms with van der Waals surface area (Å²) in [5.74, 6) is 1.42. The molecule has 0 saturated heterocycles. The Hall–Kier alpha value is -1.32. The summed E-state index contributed by atoms with van der Waals surface area (Å²) in [7, 11) is -1.11. The Bertz CT molecular complexity index is 655. The third-order valence-corrected chi connectivity index (χ3v) is 5.21. The molecule has 1 heterocycles. The molecule has 4 heteroatoms. The lowest BCUT2D eigenvalue weighted by molar-refractivity contribution is 0.314. The maximum absolute atomic E-state index is 12.6. The Morgan fingerprint density at radius 1 is 1.10 bits per heavy atom. The molecule has 1 aliphatic rings. The first-order valence-electron chi connectivity index (χ1n) is 6.61. The maximum atomic E-state index is 12.6. The van der Waals surface area contributed by atoms with E-state index >= 15 is 0 Å². The lowest BCUT2D eigenvalue weighted by atomic mass is 10.0. The van der Waals surface area contributed by atoms with Crippen molar-refractivity contribution in [2.75, 3.05) is 12.5 Å². The number of ether oxygens (including phenoxy) is 1. The summed E-state index contributed by atoms with van der Waals surface area (Å²) in [6.07, 6.45) is 1.58. The standard InChI is InChI=1S/C16H15ClO2S/c17-9-4-10-19-14-6-3-8-16-13(14)11-12-5-1-2-7-15(12)20(16)18/h1-3,5-8H,4,9-11H2. The monoisotopic (exact) mass is 306 g/mol. The Morgan fingerprint density at radius 2 is 1.90 bits per heavy atom. The number of benzene rings is 2. The summed E-state index contributed by atoms with van der Waals surface area (Å²) in [6.45, 7) is 0.592. The smallest absolute Gasteiger partial charge is 0.124 e. The lowest BCUT2D eigenvalue weighted by Gasteiger charge is -2.21. The fourth-order valence-corrected chi connectivity index (χ4v) is 3.93. The van der Waals surface area contributed by atoms with Crippen molar-refractivity contribution in [1.82, 2.24) is 0 Å². The van der Waals surface area contributed by atoms with Crippen LogP contribution in [-0.4, -0.2) is 16.7 Å². The van der Waals surface area contributed by atoms with Gasteiger partial charge in [0.2, 0.25) is 0 Å². The molecule has 2 aromatic carbocycles. The largest absolute Gasteiger partial charge is 0.493 e. The van der Waals surface area contributed by atoms with E-state index in [4.69, 9.17) is 16.3 Å². The molecule has 1 unspecified atom stereocenters. The quantitative estimate of drug-likeness (QED) is 0.542. The summed E-state index contributed by atoms with van der Waals surface area (Å²) in [5.41, 5.74) is 2.16. The van der Waals surface area contributed by atoms with Crippen LogP contribution >= 0.6 is 11.6 Å². The van der Waals surface area contributed by atoms with E-state index in [9.17, 15) is 4.21 Å². The molecule has 0 fully saturated rings. The molecule has 0 radical (unpaired) electrons. The van der Waals surface area contributed by atoms with Crippen LogP contribution in [-0.2, 0) is 17.2 Å². The van der Waals surface area contributed by atoms with Crippen LogP contribution in [0, 0.1) is 0 Å². The van der Waals surface area contributed by atoms with Crippen LogP contribution in [0.2, 0.25) is 0 Å². The molecular formula is C16H15ClO2S. The van der Waals surface area contributed by atoms with Crippen LogP contribution in [0.3, 0.4) is 0 Å². The van der Waals surface area contributed by atoms with Gasteiger partial charge < -0.3 is 4.74 Å². The van der Waals surface area contributed by atoms with Gasteiger partial charge >= 0.3 is 0 Å². The van der Waals surface area contributed by atoms with Crippen LogP contribution in [0.5, 0.6) is 5.75 Å². The van der Waals surface area contributed by atoms with Crippen molar-refractivity contribution in [3.05, 3.63) is 53.6 Å². The van der Waals surface area contributed by atoms with Crippen molar-refractivity contribution in [3.63, 3.8) is 0 Å². The topological polar surface area (TPSA) is 26.3 Å². The van der Waals surface area contributed by atoms with Crippen LogP contribution in [0.4, 0.5) is 0 Å². The second-order valence-corrected chi connectivity index (χ2v) is 6.47. The van der Waals surface area contributed by atoms with Gasteiger partial charge in [0.05, 0.1) is 22.3 Å². The molecule has 20 heavy (non-hydrogen) atoms. The van der Waals surface area contributed by atoms with Gasteiger partial charge in [-0.15, -0.1) is 11.6 Å². The van der Waals surface area contributed by atoms with E-state index in [0.717, 1.165) is 39.5 Å². The zero-order valence-corrected chi connectivity index (χ0v) is 12.5. The molecule has 1 aliphatic heterocycles. The van der Waals surface area contributed by atoms with E-state index in [0.29, 0.717) is 12.5 Å². The molecule has 2 nitrogen and oxygen atoms in total. The minimum Gasteiger partial charge on any atom is -0.493 e. The third kappa shape index (κ3) is 2.48. The first-order chi connectivity index (χ1) is 9.81. The molecule has 0 saturated carbocycles. The average molecular weight is 307 g/mol. The maximum Gasteiger partial charge on any atom is 0.124 e. The number of hydrogen-bond acceptors (Lipinski definition) is 2. The molecule has 0 spiro atoms. The number of fused-ring (bicyclic) bond motifs is 2. The first-order valence-corrected chi connectivity index (χ1v) is 8.30. The summed E-state index contributed by atoms with van der Waals surface area (Å²) in [4.78, 5) is 1.78. The van der Waals surface area contributed by atoms with Crippen molar-refractivity contribution in [2.24, 2.45) is 0 Å². The number of hydrogen-bond donors (Lipinski definition) is 0. The van der Waals surface area contributed by atoms with Crippen LogP contribution in [0.1, 0.15) is 17.5 Å². The van der Waals surface area contributed by atoms with Gasteiger partial charge in [0, 0.05) is 22.8 Å². The van der Waals surface area contributed by atoms with Gasteiger partial charge in [-0.25, -0.2) is 4.21 Å². The van der Waals surface area contributed by atoms with Crippen molar-refractivity contribution in [1.29, 1.82) is 0 Å². The predicted molar refractivity (Wildman–Crippen MR) is 81.2 cm³/mol. The van der Waals surface area contributed by atoms with E-state index in [-0.39, 0.29) is 0 Å². The van der Waals surface area contributed by atoms with Gasteiger partial charge in [0.1, 0.15) is 5.75 Å². The van der Waals surface area contributed by atoms with Gasteiger partial charge in [0.15, 0.2) is 0 Å². The second-order valence-electron chi connectivity index (χ2n) is 4.68. The normalized spacial score (nSPS) is 16.4. The molecular weight excluding hydrogens is 292 g/mol. The number of halogens is 1. The molecule has 104 valence electrons. The summed E-state index contributed by atoms with van der Waals surface area (Å²) >= 11 is 5.67. The molecule has 1 atom stereocenters. The predicted octanol–water partition coefficient (Wildman–Crippen LogP) is 3.77. The molecule has 0 amide bonds. The van der Waals surface area contributed by atoms with E-state index in [2.05, 4.69) is 0 Å². The van der Waals surface area contributed by atoms with Crippen molar-refractivity contribution in [3.8, 4) is 5.75 Å². The summed E-state index contributed by atoms with van der Waals surface area (Å²) in [6, 6.07) is 13.7. The van der Waals surface area contributed by atoms with Crippen LogP contribution < -0.4 is 4.74 Å². The summed E-state index contributed by atoms with van der Waals surface area (Å²) < 4.78 is 18.4. The molecule has 0 bridgehead atoms. The Kier molecular flexibility index (Phi) is 4.08. The van der Waals surface area contributed by atoms with Gasteiger partial charge in [0.25, 0.3) is 0 Å². The molecule has 2 aromatic rings. The zero-order valence-electron chi connectivity index (χ0n) is 11.0. The highest BCUT2D eigenvalue weighted by Crippen LogP contribution is 2.36. The lowest BCUT2D eigenvalue weighted by Crippen LogP contribution is -2.11. The Balaban J connectivity index is 1.97. The average Bonchev–Trinajstić information content (AvgIpc) is 2.48. The van der Waals surface area contributed by atoms with Gasteiger partial charge in [-0.3, -0.25) is 0 Å².